The van der Waals surface area contributed by atoms with Crippen molar-refractivity contribution in [3.8, 4) is 0 Å². The standard InChI is InChI=1S/C16H20N4O/c1-3-8-18-14-6-7-15(19-11-14)16(21)20(2)12-13-5-4-9-17-10-13/h4-7,9-11,18H,3,8,12H2,1-2H3. The molecule has 0 aliphatic heterocycles. The predicted molar refractivity (Wildman–Crippen MR) is 83.1 cm³/mol. The molecule has 0 atom stereocenters. The summed E-state index contributed by atoms with van der Waals surface area (Å²) in [6.07, 6.45) is 6.22. The van der Waals surface area contributed by atoms with E-state index < -0.39 is 0 Å². The lowest BCUT2D eigenvalue weighted by Crippen LogP contribution is -2.27. The molecule has 21 heavy (non-hydrogen) atoms. The maximum Gasteiger partial charge on any atom is 0.272 e. The number of amides is 1. The molecule has 0 aliphatic rings. The van der Waals surface area contributed by atoms with Crippen LogP contribution in [0.3, 0.4) is 0 Å². The van der Waals surface area contributed by atoms with Gasteiger partial charge in [-0.25, -0.2) is 4.98 Å². The summed E-state index contributed by atoms with van der Waals surface area (Å²) in [5.41, 5.74) is 2.38. The molecule has 110 valence electrons. The number of aromatic nitrogens is 2. The smallest absolute Gasteiger partial charge is 0.272 e. The molecule has 5 nitrogen and oxygen atoms in total. The molecular weight excluding hydrogens is 264 g/mol. The molecule has 0 bridgehead atoms. The van der Waals surface area contributed by atoms with Crippen molar-refractivity contribution in [1.29, 1.82) is 0 Å². The second-order valence-corrected chi connectivity index (χ2v) is 4.88. The number of anilines is 1. The van der Waals surface area contributed by atoms with Crippen LogP contribution in [0.1, 0.15) is 29.4 Å². The highest BCUT2D eigenvalue weighted by Crippen LogP contribution is 2.09. The van der Waals surface area contributed by atoms with Gasteiger partial charge in [0.1, 0.15) is 5.69 Å². The van der Waals surface area contributed by atoms with Crippen LogP contribution in [0.5, 0.6) is 0 Å². The Hall–Kier alpha value is -2.43. The van der Waals surface area contributed by atoms with Crippen LogP contribution in [0, 0.1) is 0 Å². The van der Waals surface area contributed by atoms with E-state index in [1.807, 2.05) is 18.2 Å². The van der Waals surface area contributed by atoms with Gasteiger partial charge in [0.15, 0.2) is 0 Å². The number of nitrogens with zero attached hydrogens (tertiary/aromatic N) is 3. The molecule has 0 aromatic carbocycles. The van der Waals surface area contributed by atoms with Crippen molar-refractivity contribution in [3.63, 3.8) is 0 Å². The van der Waals surface area contributed by atoms with Gasteiger partial charge in [0, 0.05) is 32.5 Å². The average molecular weight is 284 g/mol. The van der Waals surface area contributed by atoms with E-state index in [4.69, 9.17) is 0 Å². The summed E-state index contributed by atoms with van der Waals surface area (Å²) in [6, 6.07) is 7.44. The normalized spacial score (nSPS) is 10.2. The maximum absolute atomic E-state index is 12.3. The first-order valence-electron chi connectivity index (χ1n) is 7.05. The van der Waals surface area contributed by atoms with E-state index >= 15 is 0 Å². The fraction of sp³-hybridized carbons (Fsp3) is 0.312. The number of carbonyl (C=O) groups excluding carboxylic acids is 1. The number of rotatable bonds is 6. The highest BCUT2D eigenvalue weighted by Gasteiger charge is 2.13. The minimum absolute atomic E-state index is 0.0964. The van der Waals surface area contributed by atoms with Crippen LogP contribution in [0.2, 0.25) is 0 Å². The first-order chi connectivity index (χ1) is 10.2. The van der Waals surface area contributed by atoms with Gasteiger partial charge in [-0.15, -0.1) is 0 Å². The molecule has 2 rings (SSSR count). The zero-order valence-electron chi connectivity index (χ0n) is 12.4. The molecule has 2 heterocycles. The van der Waals surface area contributed by atoms with E-state index in [0.29, 0.717) is 12.2 Å². The molecule has 1 amide bonds. The summed E-state index contributed by atoms with van der Waals surface area (Å²) in [4.78, 5) is 22.2. The van der Waals surface area contributed by atoms with Crippen molar-refractivity contribution in [2.75, 3.05) is 18.9 Å². The molecule has 0 aliphatic carbocycles. The van der Waals surface area contributed by atoms with Gasteiger partial charge in [-0.3, -0.25) is 9.78 Å². The van der Waals surface area contributed by atoms with E-state index in [9.17, 15) is 4.79 Å². The number of pyridine rings is 2. The Labute approximate surface area is 125 Å². The zero-order valence-corrected chi connectivity index (χ0v) is 12.4. The quantitative estimate of drug-likeness (QED) is 0.885. The summed E-state index contributed by atoms with van der Waals surface area (Å²) in [7, 11) is 1.76. The second kappa shape index (κ2) is 7.38. The predicted octanol–water partition coefficient (Wildman–Crippen LogP) is 2.57. The largest absolute Gasteiger partial charge is 0.384 e. The number of hydrogen-bond donors (Lipinski definition) is 1. The van der Waals surface area contributed by atoms with Crippen molar-refractivity contribution in [2.24, 2.45) is 0 Å². The molecule has 0 unspecified atom stereocenters. The van der Waals surface area contributed by atoms with Crippen LogP contribution in [-0.2, 0) is 6.54 Å². The van der Waals surface area contributed by atoms with Gasteiger partial charge >= 0.3 is 0 Å². The first-order valence-corrected chi connectivity index (χ1v) is 7.05. The molecule has 0 fully saturated rings. The number of carbonyl (C=O) groups is 1. The third kappa shape index (κ3) is 4.27. The Bertz CT molecular complexity index is 569. The van der Waals surface area contributed by atoms with E-state index in [1.165, 1.54) is 0 Å². The lowest BCUT2D eigenvalue weighted by atomic mass is 10.2. The van der Waals surface area contributed by atoms with Crippen LogP contribution >= 0.6 is 0 Å². The maximum atomic E-state index is 12.3. The van der Waals surface area contributed by atoms with Crippen LogP contribution < -0.4 is 5.32 Å². The minimum Gasteiger partial charge on any atom is -0.384 e. The highest BCUT2D eigenvalue weighted by molar-refractivity contribution is 5.92. The minimum atomic E-state index is -0.0964. The van der Waals surface area contributed by atoms with E-state index in [1.54, 1.807) is 36.6 Å². The number of nitrogens with one attached hydrogen (secondary N) is 1. The summed E-state index contributed by atoms with van der Waals surface area (Å²) < 4.78 is 0. The van der Waals surface area contributed by atoms with Gasteiger partial charge in [-0.2, -0.15) is 0 Å². The van der Waals surface area contributed by atoms with Crippen LogP contribution in [0.25, 0.3) is 0 Å². The second-order valence-electron chi connectivity index (χ2n) is 4.88. The average Bonchev–Trinajstić information content (AvgIpc) is 2.53. The molecule has 2 aromatic rings. The molecule has 0 saturated carbocycles. The lowest BCUT2D eigenvalue weighted by Gasteiger charge is -2.16. The molecule has 1 N–H and O–H groups in total. The van der Waals surface area contributed by atoms with Gasteiger partial charge in [-0.1, -0.05) is 13.0 Å². The highest BCUT2D eigenvalue weighted by atomic mass is 16.2. The summed E-state index contributed by atoms with van der Waals surface area (Å²) in [6.45, 7) is 3.52. The van der Waals surface area contributed by atoms with Gasteiger partial charge in [0.05, 0.1) is 11.9 Å². The third-order valence-corrected chi connectivity index (χ3v) is 3.05. The fourth-order valence-corrected chi connectivity index (χ4v) is 1.93. The Morgan fingerprint density at radius 3 is 2.76 bits per heavy atom. The van der Waals surface area contributed by atoms with Crippen molar-refractivity contribution in [1.82, 2.24) is 14.9 Å². The van der Waals surface area contributed by atoms with Gasteiger partial charge in [-0.05, 0) is 30.2 Å². The SMILES string of the molecule is CCCNc1ccc(C(=O)N(C)Cc2cccnc2)nc1. The first kappa shape index (κ1) is 15.0. The third-order valence-electron chi connectivity index (χ3n) is 3.05. The zero-order chi connectivity index (χ0) is 15.1. The lowest BCUT2D eigenvalue weighted by molar-refractivity contribution is 0.0779. The molecule has 0 saturated heterocycles. The topological polar surface area (TPSA) is 58.1 Å². The Balaban J connectivity index is 1.98. The summed E-state index contributed by atoms with van der Waals surface area (Å²) in [5, 5.41) is 3.23. The van der Waals surface area contributed by atoms with Gasteiger partial charge in [0.25, 0.3) is 5.91 Å². The van der Waals surface area contributed by atoms with Crippen molar-refractivity contribution < 1.29 is 4.79 Å². The Kier molecular flexibility index (Phi) is 5.26. The van der Waals surface area contributed by atoms with E-state index in [2.05, 4.69) is 22.2 Å². The van der Waals surface area contributed by atoms with Gasteiger partial charge in [0.2, 0.25) is 0 Å². The van der Waals surface area contributed by atoms with Crippen molar-refractivity contribution in [3.05, 3.63) is 54.1 Å². The van der Waals surface area contributed by atoms with Crippen LogP contribution in [0.4, 0.5) is 5.69 Å². The van der Waals surface area contributed by atoms with Crippen molar-refractivity contribution in [2.45, 2.75) is 19.9 Å². The van der Waals surface area contributed by atoms with E-state index in [-0.39, 0.29) is 5.91 Å². The van der Waals surface area contributed by atoms with Crippen LogP contribution in [-0.4, -0.2) is 34.4 Å². The molecule has 0 spiro atoms. The van der Waals surface area contributed by atoms with E-state index in [0.717, 1.165) is 24.2 Å². The fourth-order valence-electron chi connectivity index (χ4n) is 1.93. The van der Waals surface area contributed by atoms with Crippen molar-refractivity contribution >= 4 is 11.6 Å². The molecular formula is C16H20N4O. The summed E-state index contributed by atoms with van der Waals surface area (Å²) in [5.74, 6) is -0.0964. The number of hydrogen-bond acceptors (Lipinski definition) is 4. The molecule has 2 aromatic heterocycles. The molecule has 5 heteroatoms. The van der Waals surface area contributed by atoms with Gasteiger partial charge < -0.3 is 10.2 Å². The monoisotopic (exact) mass is 284 g/mol. The summed E-state index contributed by atoms with van der Waals surface area (Å²) >= 11 is 0. The molecule has 0 radical (unpaired) electrons. The Morgan fingerprint density at radius 1 is 1.29 bits per heavy atom. The van der Waals surface area contributed by atoms with Crippen LogP contribution in [0.15, 0.2) is 42.9 Å². The Morgan fingerprint density at radius 2 is 2.14 bits per heavy atom.